The summed E-state index contributed by atoms with van der Waals surface area (Å²) in [6.45, 7) is 5.68. The molecule has 2 heterocycles. The normalized spacial score (nSPS) is 20.4. The van der Waals surface area contributed by atoms with E-state index in [2.05, 4.69) is 15.6 Å². The molecule has 4 rings (SSSR count). The van der Waals surface area contributed by atoms with Gasteiger partial charge in [0.2, 0.25) is 0 Å². The average molecular weight is 689 g/mol. The number of urea groups is 1. The fourth-order valence-electron chi connectivity index (χ4n) is 5.32. The van der Waals surface area contributed by atoms with E-state index in [-0.39, 0.29) is 42.3 Å². The fraction of sp³-hybridized carbons (Fsp3) is 0.485. The van der Waals surface area contributed by atoms with Gasteiger partial charge in [-0.15, -0.1) is 0 Å². The summed E-state index contributed by atoms with van der Waals surface area (Å²) in [4.78, 5) is 32.6. The minimum absolute atomic E-state index is 0.0168. The molecule has 0 unspecified atom stereocenters. The molecule has 0 fully saturated rings. The molecule has 0 saturated carbocycles. The number of aromatic nitrogens is 2. The van der Waals surface area contributed by atoms with Gasteiger partial charge in [-0.25, -0.2) is 22.6 Å². The van der Waals surface area contributed by atoms with Gasteiger partial charge in [0.25, 0.3) is 15.9 Å². The molecular weight excluding hydrogens is 643 g/mol. The quantitative estimate of drug-likeness (QED) is 0.316. The standard InChI is InChI=1S/C33H45FN6O7S/c1-22-17-40(23(2)20-41)32(42)28-16-27(37-33(43)36-26-11-9-25(34)10-12-26)13-14-29(28)47-24(3)8-6-7-15-46-30(22)18-39(5)48(44,45)31-19-38(4)21-35-31/h9-14,16,19,21-24,30,41H,6-8,15,17-18,20H2,1-5H3,(H2,36,37,43)/t22-,23-,24-,30-/m0/s1. The molecule has 3 amide bonds. The molecule has 1 aliphatic rings. The zero-order chi connectivity index (χ0) is 35.0. The predicted octanol–water partition coefficient (Wildman–Crippen LogP) is 4.32. The third-order valence-corrected chi connectivity index (χ3v) is 9.91. The highest BCUT2D eigenvalue weighted by molar-refractivity contribution is 7.89. The number of fused-ring (bicyclic) bond motifs is 1. The number of ether oxygens (including phenoxy) is 2. The summed E-state index contributed by atoms with van der Waals surface area (Å²) in [5.74, 6) is -0.919. The van der Waals surface area contributed by atoms with Gasteiger partial charge in [-0.05, 0) is 75.6 Å². The van der Waals surface area contributed by atoms with Crippen molar-refractivity contribution in [2.24, 2.45) is 13.0 Å². The first-order valence-electron chi connectivity index (χ1n) is 15.9. The van der Waals surface area contributed by atoms with E-state index >= 15 is 0 Å². The van der Waals surface area contributed by atoms with E-state index in [1.807, 2.05) is 13.8 Å². The van der Waals surface area contributed by atoms with Gasteiger partial charge in [0.1, 0.15) is 11.6 Å². The lowest BCUT2D eigenvalue weighted by atomic mass is 10.0. The maximum atomic E-state index is 14.3. The Hall–Kier alpha value is -4.05. The van der Waals surface area contributed by atoms with Crippen LogP contribution in [-0.4, -0.2) is 95.8 Å². The molecule has 0 aliphatic carbocycles. The number of anilines is 2. The van der Waals surface area contributed by atoms with Gasteiger partial charge in [0.15, 0.2) is 5.03 Å². The molecule has 3 N–H and O–H groups in total. The number of aryl methyl sites for hydroxylation is 1. The van der Waals surface area contributed by atoms with Crippen LogP contribution in [0.1, 0.15) is 50.4 Å². The smallest absolute Gasteiger partial charge is 0.323 e. The van der Waals surface area contributed by atoms with Crippen molar-refractivity contribution in [1.29, 1.82) is 0 Å². The van der Waals surface area contributed by atoms with Crippen LogP contribution < -0.4 is 15.4 Å². The Morgan fingerprint density at radius 2 is 1.83 bits per heavy atom. The zero-order valence-electron chi connectivity index (χ0n) is 27.9. The maximum absolute atomic E-state index is 14.3. The van der Waals surface area contributed by atoms with E-state index < -0.39 is 39.9 Å². The lowest BCUT2D eigenvalue weighted by Crippen LogP contribution is -2.48. The van der Waals surface area contributed by atoms with Gasteiger partial charge in [-0.2, -0.15) is 4.31 Å². The third-order valence-electron chi connectivity index (χ3n) is 8.20. The van der Waals surface area contributed by atoms with Crippen LogP contribution >= 0.6 is 0 Å². The molecule has 0 bridgehead atoms. The van der Waals surface area contributed by atoms with Crippen LogP contribution in [0.25, 0.3) is 0 Å². The number of imidazole rings is 1. The Bertz CT molecular complexity index is 1650. The van der Waals surface area contributed by atoms with Gasteiger partial charge in [0, 0.05) is 57.3 Å². The van der Waals surface area contributed by atoms with Crippen molar-refractivity contribution in [2.75, 3.05) is 44.0 Å². The first-order chi connectivity index (χ1) is 22.8. The Morgan fingerprint density at radius 3 is 2.50 bits per heavy atom. The van der Waals surface area contributed by atoms with Crippen LogP contribution in [-0.2, 0) is 21.8 Å². The highest BCUT2D eigenvalue weighted by atomic mass is 32.2. The Kier molecular flexibility index (Phi) is 12.5. The summed E-state index contributed by atoms with van der Waals surface area (Å²) >= 11 is 0. The summed E-state index contributed by atoms with van der Waals surface area (Å²) in [6.07, 6.45) is 4.16. The number of carbonyl (C=O) groups excluding carboxylic acids is 2. The van der Waals surface area contributed by atoms with Crippen LogP contribution in [0.2, 0.25) is 0 Å². The van der Waals surface area contributed by atoms with Crippen LogP contribution in [0.3, 0.4) is 0 Å². The number of rotatable bonds is 8. The highest BCUT2D eigenvalue weighted by Crippen LogP contribution is 2.29. The van der Waals surface area contributed by atoms with Crippen molar-refractivity contribution in [3.8, 4) is 5.75 Å². The molecule has 15 heteroatoms. The second-order valence-electron chi connectivity index (χ2n) is 12.3. The summed E-state index contributed by atoms with van der Waals surface area (Å²) in [6, 6.07) is 8.85. The number of nitrogens with one attached hydrogen (secondary N) is 2. The van der Waals surface area contributed by atoms with Crippen LogP contribution in [0.4, 0.5) is 20.6 Å². The van der Waals surface area contributed by atoms with Crippen molar-refractivity contribution in [1.82, 2.24) is 18.8 Å². The Labute approximate surface area is 281 Å². The van der Waals surface area contributed by atoms with Crippen molar-refractivity contribution < 1.29 is 37.0 Å². The van der Waals surface area contributed by atoms with Crippen LogP contribution in [0, 0.1) is 11.7 Å². The molecule has 2 aromatic carbocycles. The Balaban J connectivity index is 1.62. The van der Waals surface area contributed by atoms with Crippen LogP contribution in [0.5, 0.6) is 5.75 Å². The topological polar surface area (TPSA) is 155 Å². The molecule has 48 heavy (non-hydrogen) atoms. The summed E-state index contributed by atoms with van der Waals surface area (Å²) in [7, 11) is -0.741. The third kappa shape index (κ3) is 9.52. The molecule has 0 spiro atoms. The van der Waals surface area contributed by atoms with E-state index in [9.17, 15) is 27.5 Å². The van der Waals surface area contributed by atoms with Gasteiger partial charge in [-0.3, -0.25) is 4.79 Å². The molecule has 1 aromatic heterocycles. The van der Waals surface area contributed by atoms with E-state index in [0.717, 1.165) is 6.42 Å². The number of aliphatic hydroxyl groups excluding tert-OH is 1. The first kappa shape index (κ1) is 36.8. The molecule has 0 radical (unpaired) electrons. The maximum Gasteiger partial charge on any atom is 0.323 e. The number of hydrogen-bond donors (Lipinski definition) is 3. The van der Waals surface area contributed by atoms with Crippen molar-refractivity contribution in [2.45, 2.75) is 63.3 Å². The number of hydrogen-bond acceptors (Lipinski definition) is 8. The number of amides is 3. The van der Waals surface area contributed by atoms with E-state index in [1.54, 1.807) is 30.7 Å². The fourth-order valence-corrected chi connectivity index (χ4v) is 6.47. The number of sulfonamides is 1. The van der Waals surface area contributed by atoms with E-state index in [4.69, 9.17) is 9.47 Å². The summed E-state index contributed by atoms with van der Waals surface area (Å²) in [5.41, 5.74) is 0.872. The molecule has 13 nitrogen and oxygen atoms in total. The molecule has 3 aromatic rings. The second-order valence-corrected chi connectivity index (χ2v) is 14.3. The molecule has 262 valence electrons. The van der Waals surface area contributed by atoms with Gasteiger partial charge in [0.05, 0.1) is 36.7 Å². The lowest BCUT2D eigenvalue weighted by molar-refractivity contribution is -0.00835. The minimum atomic E-state index is -3.90. The van der Waals surface area contributed by atoms with Gasteiger partial charge in [-0.1, -0.05) is 6.92 Å². The van der Waals surface area contributed by atoms with Crippen molar-refractivity contribution in [3.63, 3.8) is 0 Å². The number of likely N-dealkylation sites (N-methyl/N-ethyl adjacent to an activating group) is 1. The number of nitrogens with zero attached hydrogens (tertiary/aromatic N) is 4. The van der Waals surface area contributed by atoms with Crippen molar-refractivity contribution >= 4 is 33.3 Å². The number of aliphatic hydroxyl groups is 1. The molecular formula is C33H45FN6O7S. The van der Waals surface area contributed by atoms with Crippen molar-refractivity contribution in [3.05, 3.63) is 66.4 Å². The number of carbonyl (C=O) groups is 2. The van der Waals surface area contributed by atoms with E-state index in [0.29, 0.717) is 36.6 Å². The largest absolute Gasteiger partial charge is 0.490 e. The SMILES string of the molecule is C[C@H]1CCCCO[C@@H](CN(C)S(=O)(=O)c2cn(C)cn2)[C@@H](C)CN([C@@H](C)CO)C(=O)c2cc(NC(=O)Nc3ccc(F)cc3)ccc2O1. The highest BCUT2D eigenvalue weighted by Gasteiger charge is 2.33. The average Bonchev–Trinajstić information content (AvgIpc) is 3.50. The monoisotopic (exact) mass is 688 g/mol. The van der Waals surface area contributed by atoms with Gasteiger partial charge >= 0.3 is 6.03 Å². The molecule has 4 atom stereocenters. The Morgan fingerprint density at radius 1 is 1.15 bits per heavy atom. The molecule has 0 saturated heterocycles. The number of halogens is 1. The first-order valence-corrected chi connectivity index (χ1v) is 17.3. The second kappa shape index (κ2) is 16.4. The van der Waals surface area contributed by atoms with Gasteiger partial charge < -0.3 is 34.7 Å². The lowest BCUT2D eigenvalue weighted by Gasteiger charge is -2.35. The molecule has 1 aliphatic heterocycles. The van der Waals surface area contributed by atoms with E-state index in [1.165, 1.54) is 59.1 Å². The number of benzene rings is 2. The van der Waals surface area contributed by atoms with Crippen LogP contribution in [0.15, 0.2) is 60.0 Å². The predicted molar refractivity (Wildman–Crippen MR) is 179 cm³/mol. The summed E-state index contributed by atoms with van der Waals surface area (Å²) in [5, 5.41) is 15.4. The summed E-state index contributed by atoms with van der Waals surface area (Å²) < 4.78 is 55.2. The minimum Gasteiger partial charge on any atom is -0.490 e. The zero-order valence-corrected chi connectivity index (χ0v) is 28.7.